The summed E-state index contributed by atoms with van der Waals surface area (Å²) in [5.41, 5.74) is 0.834. The highest BCUT2D eigenvalue weighted by molar-refractivity contribution is 5.80. The lowest BCUT2D eigenvalue weighted by molar-refractivity contribution is -0.129. The molecule has 3 nitrogen and oxygen atoms in total. The Bertz CT molecular complexity index is 222. The fourth-order valence-corrected chi connectivity index (χ4v) is 1.70. The van der Waals surface area contributed by atoms with Gasteiger partial charge in [0.1, 0.15) is 0 Å². The molecule has 0 bridgehead atoms. The van der Waals surface area contributed by atoms with Crippen LogP contribution in [0.1, 0.15) is 19.3 Å². The second kappa shape index (κ2) is 2.34. The maximum atomic E-state index is 11.2. The summed E-state index contributed by atoms with van der Waals surface area (Å²) in [7, 11) is 0. The Balaban J connectivity index is 2.28. The molecule has 0 spiro atoms. The van der Waals surface area contributed by atoms with E-state index in [2.05, 4.69) is 0 Å². The highest BCUT2D eigenvalue weighted by atomic mass is 16.3. The van der Waals surface area contributed by atoms with Crippen molar-refractivity contribution in [2.75, 3.05) is 6.54 Å². The van der Waals surface area contributed by atoms with E-state index in [1.54, 1.807) is 4.90 Å². The van der Waals surface area contributed by atoms with Gasteiger partial charge in [0.15, 0.2) is 0 Å². The molecule has 0 unspecified atom stereocenters. The SMILES string of the molecule is O=C1CCC=C2[C@@H](O)CCN12. The molecule has 2 heterocycles. The molecule has 0 aromatic heterocycles. The molecule has 1 atom stereocenters. The zero-order valence-electron chi connectivity index (χ0n) is 6.29. The predicted molar refractivity (Wildman–Crippen MR) is 39.7 cm³/mol. The van der Waals surface area contributed by atoms with Crippen LogP contribution in [-0.2, 0) is 4.79 Å². The van der Waals surface area contributed by atoms with Gasteiger partial charge in [0, 0.05) is 18.7 Å². The summed E-state index contributed by atoms with van der Waals surface area (Å²) in [6, 6.07) is 0. The summed E-state index contributed by atoms with van der Waals surface area (Å²) in [6.07, 6.45) is 3.69. The highest BCUT2D eigenvalue weighted by Gasteiger charge is 2.31. The average molecular weight is 153 g/mol. The molecule has 0 aliphatic carbocycles. The number of aliphatic hydroxyl groups excluding tert-OH is 1. The van der Waals surface area contributed by atoms with E-state index in [1.807, 2.05) is 6.08 Å². The third-order valence-corrected chi connectivity index (χ3v) is 2.29. The van der Waals surface area contributed by atoms with E-state index >= 15 is 0 Å². The van der Waals surface area contributed by atoms with Crippen LogP contribution >= 0.6 is 0 Å². The first-order valence-corrected chi connectivity index (χ1v) is 3.97. The number of hydrogen-bond acceptors (Lipinski definition) is 2. The summed E-state index contributed by atoms with van der Waals surface area (Å²) in [6.45, 7) is 0.700. The fraction of sp³-hybridized carbons (Fsp3) is 0.625. The van der Waals surface area contributed by atoms with Crippen molar-refractivity contribution in [3.63, 3.8) is 0 Å². The van der Waals surface area contributed by atoms with Gasteiger partial charge in [-0.05, 0) is 12.8 Å². The van der Waals surface area contributed by atoms with Gasteiger partial charge in [0.25, 0.3) is 0 Å². The van der Waals surface area contributed by atoms with Crippen molar-refractivity contribution in [2.45, 2.75) is 25.4 Å². The second-order valence-corrected chi connectivity index (χ2v) is 3.02. The molecule has 1 amide bonds. The molecular formula is C8H11NO2. The zero-order valence-corrected chi connectivity index (χ0v) is 6.29. The molecule has 60 valence electrons. The van der Waals surface area contributed by atoms with E-state index < -0.39 is 0 Å². The molecule has 2 aliphatic heterocycles. The van der Waals surface area contributed by atoms with Crippen molar-refractivity contribution < 1.29 is 9.90 Å². The monoisotopic (exact) mass is 153 g/mol. The van der Waals surface area contributed by atoms with Crippen LogP contribution in [0, 0.1) is 0 Å². The third kappa shape index (κ3) is 0.959. The van der Waals surface area contributed by atoms with E-state index in [4.69, 9.17) is 0 Å². The maximum Gasteiger partial charge on any atom is 0.227 e. The van der Waals surface area contributed by atoms with Crippen LogP contribution in [0.5, 0.6) is 0 Å². The number of amides is 1. The number of rotatable bonds is 0. The standard InChI is InChI=1S/C8H11NO2/c10-7-4-5-9-6(7)2-1-3-8(9)11/h2,7,10H,1,3-5H2/t7-/m0/s1. The van der Waals surface area contributed by atoms with Gasteiger partial charge in [0.2, 0.25) is 5.91 Å². The Morgan fingerprint density at radius 2 is 2.45 bits per heavy atom. The quantitative estimate of drug-likeness (QED) is 0.542. The van der Waals surface area contributed by atoms with Gasteiger partial charge in [-0.2, -0.15) is 0 Å². The lowest BCUT2D eigenvalue weighted by Crippen LogP contribution is -2.30. The summed E-state index contributed by atoms with van der Waals surface area (Å²) in [5, 5.41) is 9.38. The minimum absolute atomic E-state index is 0.166. The molecule has 0 radical (unpaired) electrons. The number of nitrogens with zero attached hydrogens (tertiary/aromatic N) is 1. The molecule has 2 aliphatic rings. The molecule has 1 fully saturated rings. The summed E-state index contributed by atoms with van der Waals surface area (Å²) in [4.78, 5) is 12.9. The molecule has 3 heteroatoms. The average Bonchev–Trinajstić information content (AvgIpc) is 2.35. The van der Waals surface area contributed by atoms with Gasteiger partial charge in [-0.15, -0.1) is 0 Å². The zero-order chi connectivity index (χ0) is 7.84. The number of allylic oxidation sites excluding steroid dienone is 1. The smallest absolute Gasteiger partial charge is 0.227 e. The van der Waals surface area contributed by atoms with Gasteiger partial charge in [0.05, 0.1) is 6.10 Å². The molecule has 2 rings (SSSR count). The van der Waals surface area contributed by atoms with Gasteiger partial charge < -0.3 is 10.0 Å². The van der Waals surface area contributed by atoms with Crippen molar-refractivity contribution in [1.29, 1.82) is 0 Å². The Morgan fingerprint density at radius 1 is 1.64 bits per heavy atom. The molecular weight excluding hydrogens is 142 g/mol. The fourth-order valence-electron chi connectivity index (χ4n) is 1.70. The van der Waals surface area contributed by atoms with E-state index in [0.29, 0.717) is 19.4 Å². The van der Waals surface area contributed by atoms with Gasteiger partial charge in [-0.25, -0.2) is 0 Å². The Kier molecular flexibility index (Phi) is 1.46. The van der Waals surface area contributed by atoms with E-state index in [-0.39, 0.29) is 12.0 Å². The van der Waals surface area contributed by atoms with E-state index in [1.165, 1.54) is 0 Å². The topological polar surface area (TPSA) is 40.5 Å². The first-order chi connectivity index (χ1) is 5.29. The normalized spacial score (nSPS) is 30.3. The summed E-state index contributed by atoms with van der Waals surface area (Å²) < 4.78 is 0. The third-order valence-electron chi connectivity index (χ3n) is 2.29. The molecule has 0 saturated carbocycles. The number of fused-ring (bicyclic) bond motifs is 1. The van der Waals surface area contributed by atoms with Crippen LogP contribution in [0.3, 0.4) is 0 Å². The Morgan fingerprint density at radius 3 is 3.18 bits per heavy atom. The Hall–Kier alpha value is -0.830. The van der Waals surface area contributed by atoms with E-state index in [0.717, 1.165) is 12.1 Å². The molecule has 0 aromatic rings. The summed E-state index contributed by atoms with van der Waals surface area (Å²) >= 11 is 0. The minimum Gasteiger partial charge on any atom is -0.387 e. The Labute approximate surface area is 65.3 Å². The van der Waals surface area contributed by atoms with Gasteiger partial charge >= 0.3 is 0 Å². The lowest BCUT2D eigenvalue weighted by atomic mass is 10.1. The molecule has 0 aromatic carbocycles. The number of aliphatic hydroxyl groups is 1. The maximum absolute atomic E-state index is 11.2. The van der Waals surface area contributed by atoms with Gasteiger partial charge in [-0.3, -0.25) is 4.79 Å². The van der Waals surface area contributed by atoms with Crippen molar-refractivity contribution in [3.05, 3.63) is 11.8 Å². The van der Waals surface area contributed by atoms with Crippen LogP contribution in [0.25, 0.3) is 0 Å². The van der Waals surface area contributed by atoms with E-state index in [9.17, 15) is 9.90 Å². The first kappa shape index (κ1) is 6.85. The van der Waals surface area contributed by atoms with Crippen molar-refractivity contribution >= 4 is 5.91 Å². The van der Waals surface area contributed by atoms with Crippen LogP contribution in [-0.4, -0.2) is 28.6 Å². The van der Waals surface area contributed by atoms with Crippen LogP contribution in [0.4, 0.5) is 0 Å². The molecule has 11 heavy (non-hydrogen) atoms. The number of hydrogen-bond donors (Lipinski definition) is 1. The second-order valence-electron chi connectivity index (χ2n) is 3.02. The van der Waals surface area contributed by atoms with Crippen LogP contribution < -0.4 is 0 Å². The van der Waals surface area contributed by atoms with Crippen LogP contribution in [0.2, 0.25) is 0 Å². The highest BCUT2D eigenvalue weighted by Crippen LogP contribution is 2.26. The van der Waals surface area contributed by atoms with Crippen molar-refractivity contribution in [2.24, 2.45) is 0 Å². The van der Waals surface area contributed by atoms with Crippen molar-refractivity contribution in [1.82, 2.24) is 4.90 Å². The largest absolute Gasteiger partial charge is 0.387 e. The number of carbonyl (C=O) groups is 1. The lowest BCUT2D eigenvalue weighted by Gasteiger charge is -2.22. The first-order valence-electron chi connectivity index (χ1n) is 3.97. The minimum atomic E-state index is -0.390. The molecule has 1 saturated heterocycles. The number of carbonyl (C=O) groups excluding carboxylic acids is 1. The van der Waals surface area contributed by atoms with Gasteiger partial charge in [-0.1, -0.05) is 6.08 Å². The summed E-state index contributed by atoms with van der Waals surface area (Å²) in [5.74, 6) is 0.166. The van der Waals surface area contributed by atoms with Crippen molar-refractivity contribution in [3.8, 4) is 0 Å². The predicted octanol–water partition coefficient (Wildman–Crippen LogP) is 0.257. The van der Waals surface area contributed by atoms with Crippen LogP contribution in [0.15, 0.2) is 11.8 Å². The molecule has 1 N–H and O–H groups in total.